The summed E-state index contributed by atoms with van der Waals surface area (Å²) in [6, 6.07) is 8.24. The average molecular weight is 274 g/mol. The van der Waals surface area contributed by atoms with Crippen molar-refractivity contribution in [2.24, 2.45) is 0 Å². The van der Waals surface area contributed by atoms with Crippen LogP contribution in [0.1, 0.15) is 5.56 Å². The van der Waals surface area contributed by atoms with Crippen LogP contribution < -0.4 is 0 Å². The molecule has 0 aliphatic rings. The Morgan fingerprint density at radius 2 is 1.57 bits per heavy atom. The van der Waals surface area contributed by atoms with E-state index < -0.39 is 0 Å². The summed E-state index contributed by atoms with van der Waals surface area (Å²) in [5.41, 5.74) is 1.34. The molecular formula is C6H7Pt+3. The zero-order chi connectivity index (χ0) is 4.41. The minimum Gasteiger partial charge on any atom is -0.213 e. The van der Waals surface area contributed by atoms with Gasteiger partial charge in [0.15, 0.2) is 0 Å². The van der Waals surface area contributed by atoms with E-state index in [9.17, 15) is 0 Å². The molecule has 1 rings (SSSR count). The fraction of sp³-hybridized carbons (Fsp3) is 0.167. The number of hydrogen-bond acceptors (Lipinski definition) is 0. The van der Waals surface area contributed by atoms with Crippen LogP contribution in [-0.2, 0) is 21.1 Å². The minimum atomic E-state index is 0. The molecule has 38 valence electrons. The molecule has 0 bridgehead atoms. The first-order chi connectivity index (χ1) is 2.89. The van der Waals surface area contributed by atoms with Gasteiger partial charge in [-0.05, 0) is 0 Å². The van der Waals surface area contributed by atoms with Crippen LogP contribution in [0.4, 0.5) is 0 Å². The Morgan fingerprint density at radius 1 is 1.14 bits per heavy atom. The molecule has 0 amide bonds. The predicted molar refractivity (Wildman–Crippen MR) is 26.8 cm³/mol. The van der Waals surface area contributed by atoms with Crippen LogP contribution >= 0.6 is 0 Å². The number of aryl methyl sites for hydroxylation is 1. The Kier molecular flexibility index (Phi) is 3.11. The molecule has 1 heteroatoms. The van der Waals surface area contributed by atoms with Crippen LogP contribution in [0.25, 0.3) is 0 Å². The van der Waals surface area contributed by atoms with E-state index in [-0.39, 0.29) is 21.1 Å². The summed E-state index contributed by atoms with van der Waals surface area (Å²) in [5, 5.41) is 0. The van der Waals surface area contributed by atoms with Gasteiger partial charge < -0.3 is 0 Å². The molecule has 0 fully saturated rings. The van der Waals surface area contributed by atoms with Crippen molar-refractivity contribution in [1.29, 1.82) is 0 Å². The standard InChI is InChI=1S/C6H7.Pt/c1-6-4-2-3-5-6;/h2-5H,1H3;/q-1;+4. The fourth-order valence-electron chi connectivity index (χ4n) is 0.470. The molecule has 0 aromatic heterocycles. The van der Waals surface area contributed by atoms with Gasteiger partial charge in [0.05, 0.1) is 0 Å². The van der Waals surface area contributed by atoms with Gasteiger partial charge >= 0.3 is 21.1 Å². The first-order valence-corrected chi connectivity index (χ1v) is 2.08. The smallest absolute Gasteiger partial charge is 0.213 e. The fourth-order valence-corrected chi connectivity index (χ4v) is 0.470. The largest absolute Gasteiger partial charge is 4.00 e. The number of rotatable bonds is 0. The molecule has 1 aromatic rings. The molecule has 0 saturated carbocycles. The average Bonchev–Trinajstić information content (AvgIpc) is 1.86. The zero-order valence-corrected chi connectivity index (χ0v) is 6.40. The topological polar surface area (TPSA) is 0 Å². The van der Waals surface area contributed by atoms with Crippen molar-refractivity contribution >= 4 is 0 Å². The molecule has 0 atom stereocenters. The van der Waals surface area contributed by atoms with E-state index in [1.165, 1.54) is 5.56 Å². The second-order valence-corrected chi connectivity index (χ2v) is 1.46. The molecule has 0 aliphatic carbocycles. The van der Waals surface area contributed by atoms with Gasteiger partial charge in [-0.15, -0.1) is 0 Å². The first-order valence-electron chi connectivity index (χ1n) is 2.08. The van der Waals surface area contributed by atoms with Crippen LogP contribution in [-0.4, -0.2) is 0 Å². The van der Waals surface area contributed by atoms with E-state index in [1.54, 1.807) is 0 Å². The van der Waals surface area contributed by atoms with E-state index in [0.717, 1.165) is 0 Å². The maximum atomic E-state index is 2.08. The Morgan fingerprint density at radius 3 is 1.71 bits per heavy atom. The van der Waals surface area contributed by atoms with Gasteiger partial charge in [-0.25, -0.2) is 12.1 Å². The van der Waals surface area contributed by atoms with Gasteiger partial charge in [-0.3, -0.25) is 0 Å². The molecular weight excluding hydrogens is 267 g/mol. The Hall–Kier alpha value is 0.0383. The number of hydrogen-bond donors (Lipinski definition) is 0. The molecule has 0 nitrogen and oxygen atoms in total. The van der Waals surface area contributed by atoms with E-state index in [4.69, 9.17) is 0 Å². The Balaban J connectivity index is 0.000000360. The molecule has 0 N–H and O–H groups in total. The molecule has 0 unspecified atom stereocenters. The van der Waals surface area contributed by atoms with Crippen LogP contribution in [0.3, 0.4) is 0 Å². The maximum absolute atomic E-state index is 2.08. The molecule has 7 heavy (non-hydrogen) atoms. The zero-order valence-electron chi connectivity index (χ0n) is 4.13. The molecule has 0 radical (unpaired) electrons. The summed E-state index contributed by atoms with van der Waals surface area (Å²) < 4.78 is 0. The molecule has 0 spiro atoms. The molecule has 1 aromatic carbocycles. The SMILES string of the molecule is C[c-]1cccc1.[Pt+4]. The monoisotopic (exact) mass is 274 g/mol. The third-order valence-electron chi connectivity index (χ3n) is 0.829. The van der Waals surface area contributed by atoms with E-state index in [0.29, 0.717) is 0 Å². The van der Waals surface area contributed by atoms with E-state index >= 15 is 0 Å². The van der Waals surface area contributed by atoms with Crippen molar-refractivity contribution in [1.82, 2.24) is 0 Å². The van der Waals surface area contributed by atoms with Gasteiger partial charge in [0.2, 0.25) is 0 Å². The predicted octanol–water partition coefficient (Wildman–Crippen LogP) is 1.71. The quantitative estimate of drug-likeness (QED) is 0.632. The van der Waals surface area contributed by atoms with Crippen LogP contribution in [0.2, 0.25) is 0 Å². The summed E-state index contributed by atoms with van der Waals surface area (Å²) in [7, 11) is 0. The van der Waals surface area contributed by atoms with Crippen molar-refractivity contribution in [3.05, 3.63) is 29.8 Å². The molecule has 0 saturated heterocycles. The van der Waals surface area contributed by atoms with Gasteiger partial charge in [0.25, 0.3) is 0 Å². The van der Waals surface area contributed by atoms with Crippen LogP contribution in [0.15, 0.2) is 24.3 Å². The van der Waals surface area contributed by atoms with Crippen molar-refractivity contribution in [3.63, 3.8) is 0 Å². The maximum Gasteiger partial charge on any atom is 4.00 e. The Bertz CT molecular complexity index is 108. The third-order valence-corrected chi connectivity index (χ3v) is 0.829. The van der Waals surface area contributed by atoms with Crippen molar-refractivity contribution in [3.8, 4) is 0 Å². The third kappa shape index (κ3) is 1.99. The second-order valence-electron chi connectivity index (χ2n) is 1.46. The molecule has 0 aliphatic heterocycles. The van der Waals surface area contributed by atoms with Crippen molar-refractivity contribution in [2.75, 3.05) is 0 Å². The summed E-state index contributed by atoms with van der Waals surface area (Å²) in [6.07, 6.45) is 0. The van der Waals surface area contributed by atoms with Crippen LogP contribution in [0, 0.1) is 6.92 Å². The van der Waals surface area contributed by atoms with Gasteiger partial charge in [0.1, 0.15) is 0 Å². The van der Waals surface area contributed by atoms with E-state index in [2.05, 4.69) is 19.1 Å². The minimum absolute atomic E-state index is 0. The van der Waals surface area contributed by atoms with Crippen molar-refractivity contribution < 1.29 is 21.1 Å². The van der Waals surface area contributed by atoms with Crippen molar-refractivity contribution in [2.45, 2.75) is 6.92 Å². The van der Waals surface area contributed by atoms with E-state index in [1.807, 2.05) is 12.1 Å². The van der Waals surface area contributed by atoms with Crippen LogP contribution in [0.5, 0.6) is 0 Å². The van der Waals surface area contributed by atoms with Gasteiger partial charge in [0, 0.05) is 0 Å². The second kappa shape index (κ2) is 3.09. The summed E-state index contributed by atoms with van der Waals surface area (Å²) in [4.78, 5) is 0. The molecule has 0 heterocycles. The summed E-state index contributed by atoms with van der Waals surface area (Å²) >= 11 is 0. The van der Waals surface area contributed by atoms with Gasteiger partial charge in [-0.1, -0.05) is 6.92 Å². The summed E-state index contributed by atoms with van der Waals surface area (Å²) in [6.45, 7) is 2.08. The summed E-state index contributed by atoms with van der Waals surface area (Å²) in [5.74, 6) is 0. The normalized spacial score (nSPS) is 7.57. The first kappa shape index (κ1) is 7.04. The Labute approximate surface area is 58.2 Å². The van der Waals surface area contributed by atoms with Gasteiger partial charge in [-0.2, -0.15) is 17.7 Å².